The van der Waals surface area contributed by atoms with Gasteiger partial charge in [-0.25, -0.2) is 0 Å². The minimum atomic E-state index is -0.167. The van der Waals surface area contributed by atoms with Crippen molar-refractivity contribution in [1.29, 1.82) is 0 Å². The summed E-state index contributed by atoms with van der Waals surface area (Å²) in [6, 6.07) is 0.452. The third-order valence-corrected chi connectivity index (χ3v) is 3.46. The molecule has 1 amide bonds. The molecule has 1 fully saturated rings. The van der Waals surface area contributed by atoms with Gasteiger partial charge in [0.25, 0.3) is 0 Å². The van der Waals surface area contributed by atoms with Crippen molar-refractivity contribution in [3.8, 4) is 0 Å². The zero-order valence-corrected chi connectivity index (χ0v) is 10.3. The molecule has 1 atom stereocenters. The van der Waals surface area contributed by atoms with Gasteiger partial charge in [-0.05, 0) is 38.5 Å². The van der Waals surface area contributed by atoms with Gasteiger partial charge in [-0.1, -0.05) is 6.92 Å². The van der Waals surface area contributed by atoms with Crippen LogP contribution in [0, 0.1) is 5.92 Å². The van der Waals surface area contributed by atoms with E-state index in [0.717, 1.165) is 18.8 Å². The summed E-state index contributed by atoms with van der Waals surface area (Å²) < 4.78 is 0. The van der Waals surface area contributed by atoms with E-state index in [4.69, 9.17) is 0 Å². The van der Waals surface area contributed by atoms with Crippen molar-refractivity contribution in [2.24, 2.45) is 5.92 Å². The van der Waals surface area contributed by atoms with Crippen LogP contribution in [0.3, 0.4) is 0 Å². The zero-order valence-electron chi connectivity index (χ0n) is 9.36. The Morgan fingerprint density at radius 1 is 1.36 bits per heavy atom. The highest BCUT2D eigenvalue weighted by Crippen LogP contribution is 2.26. The lowest BCUT2D eigenvalue weighted by Crippen LogP contribution is -2.42. The second kappa shape index (κ2) is 5.06. The average Bonchev–Trinajstić information content (AvgIpc) is 2.16. The molecule has 0 saturated heterocycles. The van der Waals surface area contributed by atoms with Crippen molar-refractivity contribution in [1.82, 2.24) is 4.90 Å². The van der Waals surface area contributed by atoms with Crippen molar-refractivity contribution >= 4 is 18.5 Å². The predicted molar refractivity (Wildman–Crippen MR) is 62.6 cm³/mol. The van der Waals surface area contributed by atoms with Crippen LogP contribution in [-0.4, -0.2) is 29.1 Å². The third kappa shape index (κ3) is 2.91. The summed E-state index contributed by atoms with van der Waals surface area (Å²) in [4.78, 5) is 13.6. The van der Waals surface area contributed by atoms with Crippen LogP contribution < -0.4 is 0 Å². The highest BCUT2D eigenvalue weighted by Gasteiger charge is 2.25. The Morgan fingerprint density at radius 3 is 2.29 bits per heavy atom. The maximum absolute atomic E-state index is 11.7. The van der Waals surface area contributed by atoms with Crippen molar-refractivity contribution in [2.45, 2.75) is 50.8 Å². The molecule has 1 aliphatic carbocycles. The van der Waals surface area contributed by atoms with Crippen LogP contribution in [0.1, 0.15) is 39.5 Å². The summed E-state index contributed by atoms with van der Waals surface area (Å²) in [5.74, 6) is 0.996. The Kier molecular flexibility index (Phi) is 4.30. The van der Waals surface area contributed by atoms with E-state index in [1.165, 1.54) is 12.8 Å². The fraction of sp³-hybridized carbons (Fsp3) is 0.909. The maximum Gasteiger partial charge on any atom is 0.235 e. The van der Waals surface area contributed by atoms with Crippen molar-refractivity contribution in [2.75, 3.05) is 7.05 Å². The summed E-state index contributed by atoms with van der Waals surface area (Å²) in [5.41, 5.74) is 0. The molecule has 0 aliphatic heterocycles. The van der Waals surface area contributed by atoms with Crippen LogP contribution in [0.2, 0.25) is 0 Å². The molecule has 0 heterocycles. The minimum absolute atomic E-state index is 0.160. The summed E-state index contributed by atoms with van der Waals surface area (Å²) in [5, 5.41) is -0.167. The van der Waals surface area contributed by atoms with Crippen LogP contribution in [0.4, 0.5) is 0 Å². The number of hydrogen-bond acceptors (Lipinski definition) is 2. The van der Waals surface area contributed by atoms with Crippen molar-refractivity contribution in [3.63, 3.8) is 0 Å². The van der Waals surface area contributed by atoms with Gasteiger partial charge < -0.3 is 4.90 Å². The van der Waals surface area contributed by atoms with Crippen molar-refractivity contribution in [3.05, 3.63) is 0 Å². The number of thiol groups is 1. The van der Waals surface area contributed by atoms with Gasteiger partial charge >= 0.3 is 0 Å². The zero-order chi connectivity index (χ0) is 10.7. The SMILES string of the molecule is CC1CCC(N(C)C(=O)C(C)S)CC1. The molecule has 2 nitrogen and oxygen atoms in total. The van der Waals surface area contributed by atoms with Crippen LogP contribution in [0.15, 0.2) is 0 Å². The molecule has 0 N–H and O–H groups in total. The molecule has 3 heteroatoms. The lowest BCUT2D eigenvalue weighted by atomic mass is 9.86. The molecule has 1 rings (SSSR count). The first kappa shape index (κ1) is 11.9. The van der Waals surface area contributed by atoms with E-state index in [0.29, 0.717) is 6.04 Å². The summed E-state index contributed by atoms with van der Waals surface area (Å²) in [7, 11) is 1.91. The molecule has 14 heavy (non-hydrogen) atoms. The van der Waals surface area contributed by atoms with E-state index in [1.807, 2.05) is 18.9 Å². The smallest absolute Gasteiger partial charge is 0.235 e. The Balaban J connectivity index is 2.45. The summed E-state index contributed by atoms with van der Waals surface area (Å²) in [6.45, 7) is 4.13. The Labute approximate surface area is 92.5 Å². The number of rotatable bonds is 2. The van der Waals surface area contributed by atoms with E-state index < -0.39 is 0 Å². The number of hydrogen-bond donors (Lipinski definition) is 1. The van der Waals surface area contributed by atoms with E-state index in [9.17, 15) is 4.79 Å². The van der Waals surface area contributed by atoms with Gasteiger partial charge in [0.2, 0.25) is 5.91 Å². The van der Waals surface area contributed by atoms with Crippen LogP contribution in [0.25, 0.3) is 0 Å². The molecule has 0 aromatic carbocycles. The Hall–Kier alpha value is -0.180. The molecule has 82 valence electrons. The summed E-state index contributed by atoms with van der Waals surface area (Å²) in [6.07, 6.45) is 4.82. The first-order valence-corrected chi connectivity index (χ1v) is 5.98. The minimum Gasteiger partial charge on any atom is -0.342 e. The van der Waals surface area contributed by atoms with Gasteiger partial charge in [0.05, 0.1) is 5.25 Å². The fourth-order valence-corrected chi connectivity index (χ4v) is 2.29. The molecule has 1 aliphatic rings. The second-order valence-electron chi connectivity index (χ2n) is 4.54. The molecule has 0 bridgehead atoms. The van der Waals surface area contributed by atoms with Gasteiger partial charge in [-0.15, -0.1) is 0 Å². The standard InChI is InChI=1S/C11H21NOS/c1-8-4-6-10(7-5-8)12(3)11(13)9(2)14/h8-10,14H,4-7H2,1-3H3. The Bertz CT molecular complexity index is 197. The molecule has 0 aromatic rings. The summed E-state index contributed by atoms with van der Waals surface area (Å²) >= 11 is 4.18. The number of nitrogens with zero attached hydrogens (tertiary/aromatic N) is 1. The van der Waals surface area contributed by atoms with Crippen LogP contribution in [-0.2, 0) is 4.79 Å². The van der Waals surface area contributed by atoms with Gasteiger partial charge in [0.15, 0.2) is 0 Å². The fourth-order valence-electron chi connectivity index (χ4n) is 2.10. The lowest BCUT2D eigenvalue weighted by Gasteiger charge is -2.34. The largest absolute Gasteiger partial charge is 0.342 e. The second-order valence-corrected chi connectivity index (χ2v) is 5.31. The molecular formula is C11H21NOS. The van der Waals surface area contributed by atoms with E-state index in [1.54, 1.807) is 0 Å². The van der Waals surface area contributed by atoms with Crippen LogP contribution in [0.5, 0.6) is 0 Å². The van der Waals surface area contributed by atoms with E-state index >= 15 is 0 Å². The van der Waals surface area contributed by atoms with E-state index in [-0.39, 0.29) is 11.2 Å². The monoisotopic (exact) mass is 215 g/mol. The number of amides is 1. The van der Waals surface area contributed by atoms with Gasteiger partial charge in [0, 0.05) is 13.1 Å². The first-order valence-electron chi connectivity index (χ1n) is 5.47. The predicted octanol–water partition coefficient (Wildman–Crippen LogP) is 2.34. The van der Waals surface area contributed by atoms with Crippen LogP contribution >= 0.6 is 12.6 Å². The topological polar surface area (TPSA) is 20.3 Å². The van der Waals surface area contributed by atoms with Gasteiger partial charge in [0.1, 0.15) is 0 Å². The first-order chi connectivity index (χ1) is 6.52. The molecule has 1 unspecified atom stereocenters. The maximum atomic E-state index is 11.7. The van der Waals surface area contributed by atoms with Gasteiger partial charge in [-0.2, -0.15) is 12.6 Å². The van der Waals surface area contributed by atoms with Crippen molar-refractivity contribution < 1.29 is 4.79 Å². The molecular weight excluding hydrogens is 194 g/mol. The molecule has 0 aromatic heterocycles. The lowest BCUT2D eigenvalue weighted by molar-refractivity contribution is -0.131. The molecule has 0 spiro atoms. The Morgan fingerprint density at radius 2 is 1.86 bits per heavy atom. The molecule has 1 saturated carbocycles. The normalized spacial score (nSPS) is 29.7. The van der Waals surface area contributed by atoms with E-state index in [2.05, 4.69) is 19.6 Å². The molecule has 0 radical (unpaired) electrons. The average molecular weight is 215 g/mol. The highest BCUT2D eigenvalue weighted by atomic mass is 32.1. The quantitative estimate of drug-likeness (QED) is 0.701. The highest BCUT2D eigenvalue weighted by molar-refractivity contribution is 7.81. The number of carbonyl (C=O) groups is 1. The third-order valence-electron chi connectivity index (χ3n) is 3.24. The van der Waals surface area contributed by atoms with Gasteiger partial charge in [-0.3, -0.25) is 4.79 Å². The number of carbonyl (C=O) groups excluding carboxylic acids is 1.